The molecule has 0 aliphatic carbocycles. The Morgan fingerprint density at radius 2 is 1.19 bits per heavy atom. The highest BCUT2D eigenvalue weighted by Gasteiger charge is 2.20. The first-order valence-corrected chi connectivity index (χ1v) is 10.0. The zero-order valence-corrected chi connectivity index (χ0v) is 18.5. The molecule has 0 spiro atoms. The van der Waals surface area contributed by atoms with E-state index >= 15 is 0 Å². The zero-order chi connectivity index (χ0) is 22.7. The molecule has 0 bridgehead atoms. The standard InChI is InChI=1S/C20H11Br2F2N3O4/c21-12-1-3-17(15(23)8-12)25-19(28)10-5-11(7-14(6-10)27(30)31)20(29)26-18-4-2-13(22)9-16(18)24/h1-9H,(H,25,28)(H,26,29). The van der Waals surface area contributed by atoms with Crippen molar-refractivity contribution >= 4 is 60.7 Å². The minimum Gasteiger partial charge on any atom is -0.319 e. The summed E-state index contributed by atoms with van der Waals surface area (Å²) >= 11 is 6.19. The number of halogens is 4. The van der Waals surface area contributed by atoms with Gasteiger partial charge >= 0.3 is 0 Å². The summed E-state index contributed by atoms with van der Waals surface area (Å²) in [4.78, 5) is 35.6. The van der Waals surface area contributed by atoms with Crippen LogP contribution in [-0.4, -0.2) is 16.7 Å². The van der Waals surface area contributed by atoms with Gasteiger partial charge < -0.3 is 10.6 Å². The van der Waals surface area contributed by atoms with Crippen LogP contribution in [0.3, 0.4) is 0 Å². The van der Waals surface area contributed by atoms with E-state index < -0.39 is 34.1 Å². The number of carbonyl (C=O) groups excluding carboxylic acids is 2. The van der Waals surface area contributed by atoms with Crippen molar-refractivity contribution in [3.8, 4) is 0 Å². The topological polar surface area (TPSA) is 101 Å². The van der Waals surface area contributed by atoms with E-state index in [2.05, 4.69) is 42.5 Å². The number of rotatable bonds is 5. The van der Waals surface area contributed by atoms with Crippen LogP contribution in [0.1, 0.15) is 20.7 Å². The third-order valence-corrected chi connectivity index (χ3v) is 5.00. The van der Waals surface area contributed by atoms with E-state index in [4.69, 9.17) is 0 Å². The Morgan fingerprint density at radius 1 is 0.774 bits per heavy atom. The summed E-state index contributed by atoms with van der Waals surface area (Å²) in [6, 6.07) is 10.9. The summed E-state index contributed by atoms with van der Waals surface area (Å²) < 4.78 is 28.9. The van der Waals surface area contributed by atoms with Crippen molar-refractivity contribution in [1.82, 2.24) is 0 Å². The van der Waals surface area contributed by atoms with Gasteiger partial charge in [0.1, 0.15) is 11.6 Å². The molecule has 2 amide bonds. The maximum absolute atomic E-state index is 14.0. The van der Waals surface area contributed by atoms with E-state index in [1.165, 1.54) is 24.3 Å². The third kappa shape index (κ3) is 5.50. The van der Waals surface area contributed by atoms with Crippen molar-refractivity contribution in [3.05, 3.63) is 96.4 Å². The van der Waals surface area contributed by atoms with E-state index in [0.717, 1.165) is 30.3 Å². The van der Waals surface area contributed by atoms with Crippen LogP contribution in [0.2, 0.25) is 0 Å². The Morgan fingerprint density at radius 3 is 1.55 bits per heavy atom. The second kappa shape index (κ2) is 9.31. The van der Waals surface area contributed by atoms with Crippen LogP contribution in [0.4, 0.5) is 25.8 Å². The highest BCUT2D eigenvalue weighted by molar-refractivity contribution is 9.10. The number of anilines is 2. The number of benzene rings is 3. The molecule has 0 saturated heterocycles. The van der Waals surface area contributed by atoms with Gasteiger partial charge in [0.2, 0.25) is 0 Å². The normalized spacial score (nSPS) is 10.5. The van der Waals surface area contributed by atoms with E-state index in [9.17, 15) is 28.5 Å². The average Bonchev–Trinajstić information content (AvgIpc) is 2.71. The van der Waals surface area contributed by atoms with Gasteiger partial charge in [-0.1, -0.05) is 31.9 Å². The number of carbonyl (C=O) groups is 2. The molecular weight excluding hydrogens is 544 g/mol. The van der Waals surface area contributed by atoms with Gasteiger partial charge in [-0.3, -0.25) is 19.7 Å². The van der Waals surface area contributed by atoms with Gasteiger partial charge in [-0.15, -0.1) is 0 Å². The van der Waals surface area contributed by atoms with Crippen LogP contribution < -0.4 is 10.6 Å². The third-order valence-electron chi connectivity index (χ3n) is 4.01. The molecule has 0 unspecified atom stereocenters. The van der Waals surface area contributed by atoms with Gasteiger partial charge in [0.25, 0.3) is 17.5 Å². The Labute approximate surface area is 190 Å². The molecule has 0 aromatic heterocycles. The van der Waals surface area contributed by atoms with Crippen molar-refractivity contribution in [1.29, 1.82) is 0 Å². The minimum atomic E-state index is -0.867. The van der Waals surface area contributed by atoms with Crippen molar-refractivity contribution in [2.75, 3.05) is 10.6 Å². The number of hydrogen-bond acceptors (Lipinski definition) is 4. The Bertz CT molecular complexity index is 1140. The Kier molecular flexibility index (Phi) is 6.76. The molecule has 31 heavy (non-hydrogen) atoms. The SMILES string of the molecule is O=C(Nc1ccc(Br)cc1F)c1cc(C(=O)Nc2ccc(Br)cc2F)cc([N+](=O)[O-])c1. The molecule has 0 aliphatic rings. The molecule has 3 aromatic carbocycles. The maximum atomic E-state index is 14.0. The predicted octanol–water partition coefficient (Wildman–Crippen LogP) is 5.90. The average molecular weight is 555 g/mol. The number of hydrogen-bond donors (Lipinski definition) is 2. The van der Waals surface area contributed by atoms with E-state index in [-0.39, 0.29) is 22.5 Å². The van der Waals surface area contributed by atoms with Crippen molar-refractivity contribution in [2.24, 2.45) is 0 Å². The number of nitrogens with zero attached hydrogens (tertiary/aromatic N) is 1. The van der Waals surface area contributed by atoms with Crippen LogP contribution in [-0.2, 0) is 0 Å². The molecule has 0 fully saturated rings. The van der Waals surface area contributed by atoms with Crippen molar-refractivity contribution in [2.45, 2.75) is 0 Å². The number of amides is 2. The molecule has 7 nitrogen and oxygen atoms in total. The number of nitrogens with one attached hydrogen (secondary N) is 2. The fourth-order valence-electron chi connectivity index (χ4n) is 2.55. The molecule has 3 rings (SSSR count). The zero-order valence-electron chi connectivity index (χ0n) is 15.3. The first-order valence-electron chi connectivity index (χ1n) is 8.46. The summed E-state index contributed by atoms with van der Waals surface area (Å²) in [6.45, 7) is 0. The molecule has 2 N–H and O–H groups in total. The number of non-ortho nitro benzene ring substituents is 1. The van der Waals surface area contributed by atoms with Crippen LogP contribution in [0.5, 0.6) is 0 Å². The van der Waals surface area contributed by atoms with E-state index in [1.54, 1.807) is 0 Å². The molecule has 0 radical (unpaired) electrons. The van der Waals surface area contributed by atoms with Crippen molar-refractivity contribution in [3.63, 3.8) is 0 Å². The second-order valence-electron chi connectivity index (χ2n) is 6.18. The van der Waals surface area contributed by atoms with Gasteiger partial charge in [0.05, 0.1) is 16.3 Å². The van der Waals surface area contributed by atoms with Crippen LogP contribution in [0.25, 0.3) is 0 Å². The molecular formula is C20H11Br2F2N3O4. The van der Waals surface area contributed by atoms with Crippen LogP contribution in [0, 0.1) is 21.7 Å². The fourth-order valence-corrected chi connectivity index (χ4v) is 3.22. The fraction of sp³-hybridized carbons (Fsp3) is 0. The lowest BCUT2D eigenvalue weighted by molar-refractivity contribution is -0.384. The lowest BCUT2D eigenvalue weighted by atomic mass is 10.1. The molecule has 11 heteroatoms. The summed E-state index contributed by atoms with van der Waals surface area (Å²) in [5, 5.41) is 15.9. The quantitative estimate of drug-likeness (QED) is 0.303. The smallest absolute Gasteiger partial charge is 0.271 e. The largest absolute Gasteiger partial charge is 0.319 e. The highest BCUT2D eigenvalue weighted by Crippen LogP contribution is 2.24. The number of nitro groups is 1. The van der Waals surface area contributed by atoms with Crippen molar-refractivity contribution < 1.29 is 23.3 Å². The van der Waals surface area contributed by atoms with Gasteiger partial charge in [-0.2, -0.15) is 0 Å². The molecule has 158 valence electrons. The van der Waals surface area contributed by atoms with Gasteiger partial charge in [-0.05, 0) is 42.5 Å². The van der Waals surface area contributed by atoms with Crippen LogP contribution >= 0.6 is 31.9 Å². The summed E-state index contributed by atoms with van der Waals surface area (Å²) in [7, 11) is 0. The van der Waals surface area contributed by atoms with Gasteiger partial charge in [-0.25, -0.2) is 8.78 Å². The molecule has 0 heterocycles. The lowest BCUT2D eigenvalue weighted by Crippen LogP contribution is -2.17. The van der Waals surface area contributed by atoms with Gasteiger partial charge in [0.15, 0.2) is 0 Å². The molecule has 3 aromatic rings. The predicted molar refractivity (Wildman–Crippen MR) is 117 cm³/mol. The second-order valence-corrected chi connectivity index (χ2v) is 8.01. The summed E-state index contributed by atoms with van der Waals surface area (Å²) in [6.07, 6.45) is 0. The highest BCUT2D eigenvalue weighted by atomic mass is 79.9. The first kappa shape index (κ1) is 22.5. The number of nitro benzene ring substituents is 1. The van der Waals surface area contributed by atoms with Crippen LogP contribution in [0.15, 0.2) is 63.5 Å². The monoisotopic (exact) mass is 553 g/mol. The van der Waals surface area contributed by atoms with E-state index in [0.29, 0.717) is 8.95 Å². The Hall–Kier alpha value is -3.18. The van der Waals surface area contributed by atoms with E-state index in [1.807, 2.05) is 0 Å². The minimum absolute atomic E-state index is 0.150. The molecule has 0 atom stereocenters. The maximum Gasteiger partial charge on any atom is 0.271 e. The Balaban J connectivity index is 1.92. The van der Waals surface area contributed by atoms with Gasteiger partial charge in [0, 0.05) is 32.2 Å². The summed E-state index contributed by atoms with van der Waals surface area (Å²) in [5.74, 6) is -3.18. The first-order chi connectivity index (χ1) is 14.6. The lowest BCUT2D eigenvalue weighted by Gasteiger charge is -2.10. The molecule has 0 aliphatic heterocycles. The molecule has 0 saturated carbocycles. The summed E-state index contributed by atoms with van der Waals surface area (Å²) in [5.41, 5.74) is -1.34.